The second-order valence-corrected chi connectivity index (χ2v) is 8.85. The number of piperidine rings is 1. The Morgan fingerprint density at radius 2 is 1.85 bits per heavy atom. The Balaban J connectivity index is 1.49. The summed E-state index contributed by atoms with van der Waals surface area (Å²) in [4.78, 5) is 6.37. The van der Waals surface area contributed by atoms with Gasteiger partial charge in [-0.3, -0.25) is 0 Å². The summed E-state index contributed by atoms with van der Waals surface area (Å²) < 4.78 is 39.4. The molecule has 1 N–H and O–H groups in total. The van der Waals surface area contributed by atoms with E-state index in [1.807, 2.05) is 24.3 Å². The Hall–Kier alpha value is -3.00. The van der Waals surface area contributed by atoms with Gasteiger partial charge in [-0.25, -0.2) is 8.78 Å². The summed E-state index contributed by atoms with van der Waals surface area (Å²) in [6.45, 7) is 6.22. The van der Waals surface area contributed by atoms with E-state index in [1.165, 1.54) is 12.1 Å². The first-order valence-corrected chi connectivity index (χ1v) is 11.4. The molecule has 0 saturated carbocycles. The molecule has 2 atom stereocenters. The van der Waals surface area contributed by atoms with Crippen molar-refractivity contribution in [2.75, 3.05) is 24.6 Å². The van der Waals surface area contributed by atoms with Gasteiger partial charge >= 0.3 is 6.01 Å². The van der Waals surface area contributed by atoms with Crippen LogP contribution >= 0.6 is 0 Å². The van der Waals surface area contributed by atoms with Gasteiger partial charge in [-0.15, -0.1) is 0 Å². The maximum atomic E-state index is 14.8. The van der Waals surface area contributed by atoms with Crippen molar-refractivity contribution in [3.63, 3.8) is 0 Å². The maximum absolute atomic E-state index is 14.8. The molecule has 1 aromatic heterocycles. The molecule has 2 heterocycles. The molecule has 0 bridgehead atoms. The Labute approximate surface area is 192 Å². The molecule has 8 heteroatoms. The highest BCUT2D eigenvalue weighted by Gasteiger charge is 2.33. The highest BCUT2D eigenvalue weighted by atomic mass is 19.1. The van der Waals surface area contributed by atoms with E-state index in [9.17, 15) is 8.78 Å². The van der Waals surface area contributed by atoms with Crippen molar-refractivity contribution in [2.45, 2.75) is 45.4 Å². The first kappa shape index (κ1) is 23.2. The summed E-state index contributed by atoms with van der Waals surface area (Å²) in [6.07, 6.45) is 0.0228. The molecule has 2 aromatic carbocycles. The topological polar surface area (TPSA) is 63.4 Å². The van der Waals surface area contributed by atoms with Crippen molar-refractivity contribution in [1.29, 1.82) is 0 Å². The third-order valence-corrected chi connectivity index (χ3v) is 5.61. The minimum absolute atomic E-state index is 0.275. The van der Waals surface area contributed by atoms with Crippen LogP contribution in [0.1, 0.15) is 37.2 Å². The summed E-state index contributed by atoms with van der Waals surface area (Å²) in [5.41, 5.74) is 1.87. The van der Waals surface area contributed by atoms with Crippen molar-refractivity contribution in [2.24, 2.45) is 5.92 Å². The van der Waals surface area contributed by atoms with Crippen LogP contribution in [0.2, 0.25) is 0 Å². The van der Waals surface area contributed by atoms with Crippen LogP contribution in [0.3, 0.4) is 0 Å². The number of hydrogen-bond acceptors (Lipinski definition) is 6. The molecule has 0 unspecified atom stereocenters. The fourth-order valence-electron chi connectivity index (χ4n) is 3.85. The van der Waals surface area contributed by atoms with Crippen molar-refractivity contribution < 1.29 is 18.0 Å². The van der Waals surface area contributed by atoms with Gasteiger partial charge in [0.15, 0.2) is 5.82 Å². The second-order valence-electron chi connectivity index (χ2n) is 8.85. The van der Waals surface area contributed by atoms with Crippen LogP contribution in [0.4, 0.5) is 14.8 Å². The van der Waals surface area contributed by atoms with Crippen LogP contribution in [0.15, 0.2) is 53.1 Å². The van der Waals surface area contributed by atoms with Gasteiger partial charge in [-0.1, -0.05) is 43.3 Å². The highest BCUT2D eigenvalue weighted by molar-refractivity contribution is 5.34. The fourth-order valence-corrected chi connectivity index (χ4v) is 3.85. The molecule has 0 aliphatic carbocycles. The molecule has 0 amide bonds. The molecule has 3 aromatic rings. The smallest absolute Gasteiger partial charge is 0.324 e. The molecule has 0 spiro atoms. The van der Waals surface area contributed by atoms with Crippen LogP contribution in [0, 0.1) is 11.7 Å². The van der Waals surface area contributed by atoms with Gasteiger partial charge < -0.3 is 19.5 Å². The molecule has 4 rings (SSSR count). The lowest BCUT2D eigenvalue weighted by Crippen LogP contribution is -2.51. The van der Waals surface area contributed by atoms with E-state index in [1.54, 1.807) is 17.0 Å². The summed E-state index contributed by atoms with van der Waals surface area (Å²) in [7, 11) is 0. The van der Waals surface area contributed by atoms with Gasteiger partial charge in [-0.05, 0) is 54.3 Å². The van der Waals surface area contributed by atoms with Crippen LogP contribution in [0.25, 0.3) is 0 Å². The van der Waals surface area contributed by atoms with Gasteiger partial charge in [0, 0.05) is 19.5 Å². The van der Waals surface area contributed by atoms with E-state index in [4.69, 9.17) is 9.26 Å². The minimum Gasteiger partial charge on any atom is -0.493 e. The van der Waals surface area contributed by atoms with E-state index >= 15 is 0 Å². The van der Waals surface area contributed by atoms with E-state index in [0.29, 0.717) is 44.3 Å². The minimum atomic E-state index is -1.08. The summed E-state index contributed by atoms with van der Waals surface area (Å²) in [5.74, 6) is 1.50. The van der Waals surface area contributed by atoms with Crippen LogP contribution in [-0.2, 0) is 13.0 Å². The number of benzene rings is 2. The monoisotopic (exact) mass is 456 g/mol. The lowest BCUT2D eigenvalue weighted by Gasteiger charge is -2.35. The third-order valence-electron chi connectivity index (χ3n) is 5.61. The number of anilines is 1. The zero-order valence-corrected chi connectivity index (χ0v) is 19.0. The fraction of sp³-hybridized carbons (Fsp3) is 0.440. The number of aromatic nitrogens is 2. The van der Waals surface area contributed by atoms with E-state index in [0.717, 1.165) is 16.9 Å². The molecule has 1 aliphatic rings. The maximum Gasteiger partial charge on any atom is 0.324 e. The van der Waals surface area contributed by atoms with Crippen molar-refractivity contribution in [1.82, 2.24) is 15.5 Å². The Kier molecular flexibility index (Phi) is 7.54. The molecule has 1 aliphatic heterocycles. The number of ether oxygens (including phenoxy) is 1. The van der Waals surface area contributed by atoms with E-state index < -0.39 is 12.2 Å². The summed E-state index contributed by atoms with van der Waals surface area (Å²) >= 11 is 0. The lowest BCUT2D eigenvalue weighted by atomic mass is 10.0. The number of nitrogens with zero attached hydrogens (tertiary/aromatic N) is 3. The van der Waals surface area contributed by atoms with Crippen LogP contribution in [-0.4, -0.2) is 42.1 Å². The summed E-state index contributed by atoms with van der Waals surface area (Å²) in [6, 6.07) is 13.9. The molecular formula is C25H30F2N4O2. The quantitative estimate of drug-likeness (QED) is 0.510. The average Bonchev–Trinajstić information content (AvgIpc) is 3.27. The van der Waals surface area contributed by atoms with Gasteiger partial charge in [0.1, 0.15) is 17.7 Å². The van der Waals surface area contributed by atoms with E-state index in [2.05, 4.69) is 29.3 Å². The normalized spacial score (nSPS) is 18.5. The first-order valence-electron chi connectivity index (χ1n) is 11.4. The molecule has 176 valence electrons. The highest BCUT2D eigenvalue weighted by Crippen LogP contribution is 2.25. The van der Waals surface area contributed by atoms with E-state index in [-0.39, 0.29) is 18.4 Å². The SMILES string of the molecule is CC(C)COc1ccc(Cc2noc(N(Cc3ccc(F)cc3)[C@@H]3CCNC[C@@H]3F)n2)cc1. The van der Waals surface area contributed by atoms with Gasteiger partial charge in [-0.2, -0.15) is 4.98 Å². The Morgan fingerprint density at radius 3 is 2.55 bits per heavy atom. The molecule has 1 saturated heterocycles. The Morgan fingerprint density at radius 1 is 1.12 bits per heavy atom. The van der Waals surface area contributed by atoms with Gasteiger partial charge in [0.05, 0.1) is 12.6 Å². The number of halogens is 2. The Bertz CT molecular complexity index is 1010. The van der Waals surface area contributed by atoms with Gasteiger partial charge in [0.2, 0.25) is 0 Å². The number of hydrogen-bond donors (Lipinski definition) is 1. The summed E-state index contributed by atoms with van der Waals surface area (Å²) in [5, 5.41) is 7.20. The molecule has 33 heavy (non-hydrogen) atoms. The van der Waals surface area contributed by atoms with Crippen molar-refractivity contribution in [3.8, 4) is 5.75 Å². The number of alkyl halides is 1. The van der Waals surface area contributed by atoms with Crippen molar-refractivity contribution in [3.05, 3.63) is 71.3 Å². The standard InChI is InChI=1S/C25H30F2N4O2/c1-17(2)16-32-21-9-5-18(6-10-21)13-24-29-25(33-30-24)31(23-11-12-28-14-22(23)27)15-19-3-7-20(26)8-4-19/h3-10,17,22-23,28H,11-16H2,1-2H3/t22-,23+/m0/s1. The lowest BCUT2D eigenvalue weighted by molar-refractivity contribution is 0.215. The predicted octanol–water partition coefficient (Wildman–Crippen LogP) is 4.54. The van der Waals surface area contributed by atoms with Crippen LogP contribution < -0.4 is 15.0 Å². The molecular weight excluding hydrogens is 426 g/mol. The molecule has 0 radical (unpaired) electrons. The number of rotatable bonds is 9. The zero-order valence-electron chi connectivity index (χ0n) is 19.0. The predicted molar refractivity (Wildman–Crippen MR) is 123 cm³/mol. The molecule has 1 fully saturated rings. The van der Waals surface area contributed by atoms with Crippen molar-refractivity contribution >= 4 is 6.01 Å². The van der Waals surface area contributed by atoms with Gasteiger partial charge in [0.25, 0.3) is 0 Å². The zero-order chi connectivity index (χ0) is 23.2. The largest absolute Gasteiger partial charge is 0.493 e. The average molecular weight is 457 g/mol. The molecule has 6 nitrogen and oxygen atoms in total. The number of nitrogens with one attached hydrogen (secondary N) is 1. The second kappa shape index (κ2) is 10.7. The van der Waals surface area contributed by atoms with Crippen LogP contribution in [0.5, 0.6) is 5.75 Å². The first-order chi connectivity index (χ1) is 16.0. The third kappa shape index (κ3) is 6.28.